The number of benzene rings is 1. The summed E-state index contributed by atoms with van der Waals surface area (Å²) in [5, 5.41) is 14.6. The molecule has 1 aromatic carbocycles. The van der Waals surface area contributed by atoms with E-state index < -0.39 is 11.9 Å². The van der Waals surface area contributed by atoms with Gasteiger partial charge in [0.2, 0.25) is 5.82 Å². The molecule has 3 heterocycles. The number of amides is 2. The van der Waals surface area contributed by atoms with Crippen molar-refractivity contribution in [1.29, 1.82) is 0 Å². The zero-order valence-corrected chi connectivity index (χ0v) is 18.5. The Morgan fingerprint density at radius 1 is 1.27 bits per heavy atom. The van der Waals surface area contributed by atoms with Gasteiger partial charge >= 0.3 is 0 Å². The number of carbonyl (C=O) groups is 2. The number of aromatic nitrogens is 5. The topological polar surface area (TPSA) is 139 Å². The van der Waals surface area contributed by atoms with Crippen LogP contribution in [-0.2, 0) is 11.2 Å². The van der Waals surface area contributed by atoms with Crippen LogP contribution in [0, 0.1) is 12.8 Å². The van der Waals surface area contributed by atoms with Crippen molar-refractivity contribution in [1.82, 2.24) is 30.6 Å². The highest BCUT2D eigenvalue weighted by molar-refractivity contribution is 6.02. The number of hydrogen-bond donors (Lipinski definition) is 2. The molecule has 0 bridgehead atoms. The highest BCUT2D eigenvalue weighted by Crippen LogP contribution is 2.34. The van der Waals surface area contributed by atoms with Gasteiger partial charge in [-0.25, -0.2) is 0 Å². The zero-order valence-electron chi connectivity index (χ0n) is 18.5. The van der Waals surface area contributed by atoms with Gasteiger partial charge in [-0.3, -0.25) is 9.59 Å². The number of aryl methyl sites for hydroxylation is 1. The molecule has 2 amide bonds. The molecular formula is C22H25N7O4. The molecule has 2 aliphatic rings. The summed E-state index contributed by atoms with van der Waals surface area (Å²) in [6.45, 7) is 1.72. The molecule has 1 aliphatic heterocycles. The van der Waals surface area contributed by atoms with Crippen molar-refractivity contribution in [3.05, 3.63) is 35.7 Å². The van der Waals surface area contributed by atoms with Crippen molar-refractivity contribution < 1.29 is 18.8 Å². The Kier molecular flexibility index (Phi) is 5.53. The van der Waals surface area contributed by atoms with Crippen LogP contribution >= 0.6 is 0 Å². The van der Waals surface area contributed by atoms with Crippen molar-refractivity contribution >= 4 is 17.5 Å². The highest BCUT2D eigenvalue weighted by atomic mass is 16.5. The second-order valence-electron chi connectivity index (χ2n) is 8.54. The molecular weight excluding hydrogens is 426 g/mol. The van der Waals surface area contributed by atoms with Crippen LogP contribution in [0.3, 0.4) is 0 Å². The summed E-state index contributed by atoms with van der Waals surface area (Å²) in [4.78, 5) is 34.5. The number of fused-ring (bicyclic) bond motifs is 1. The number of anilines is 1. The van der Waals surface area contributed by atoms with Gasteiger partial charge in [0.1, 0.15) is 24.2 Å². The summed E-state index contributed by atoms with van der Waals surface area (Å²) in [5.41, 5.74) is 1.21. The molecule has 11 heteroatoms. The van der Waals surface area contributed by atoms with E-state index in [4.69, 9.17) is 9.26 Å². The second-order valence-corrected chi connectivity index (χ2v) is 8.54. The third-order valence-corrected chi connectivity index (χ3v) is 6.14. The van der Waals surface area contributed by atoms with Gasteiger partial charge in [0.25, 0.3) is 17.7 Å². The number of carbonyl (C=O) groups excluding carboxylic acids is 2. The maximum absolute atomic E-state index is 13.1. The van der Waals surface area contributed by atoms with E-state index in [-0.39, 0.29) is 18.3 Å². The SMILES string of the molecule is Cc1noc(-c2ccc3c(c2)N(C)C(=O)C(NC(=O)c2nnc(CC4CCCC4)[nH]2)CO3)n1. The molecule has 172 valence electrons. The van der Waals surface area contributed by atoms with Crippen LogP contribution in [0.4, 0.5) is 5.69 Å². The van der Waals surface area contributed by atoms with Gasteiger partial charge in [0.05, 0.1) is 5.69 Å². The van der Waals surface area contributed by atoms with E-state index in [0.717, 1.165) is 6.42 Å². The average Bonchev–Trinajstić information content (AvgIpc) is 3.57. The van der Waals surface area contributed by atoms with Crippen LogP contribution in [0.15, 0.2) is 22.7 Å². The zero-order chi connectivity index (χ0) is 22.9. The summed E-state index contributed by atoms with van der Waals surface area (Å²) in [6.07, 6.45) is 5.61. The molecule has 1 fully saturated rings. The normalized spacial score (nSPS) is 18.7. The van der Waals surface area contributed by atoms with E-state index >= 15 is 0 Å². The third kappa shape index (κ3) is 4.30. The van der Waals surface area contributed by atoms with E-state index in [1.54, 1.807) is 32.2 Å². The summed E-state index contributed by atoms with van der Waals surface area (Å²) in [7, 11) is 1.63. The summed E-state index contributed by atoms with van der Waals surface area (Å²) in [6, 6.07) is 4.39. The van der Waals surface area contributed by atoms with Crippen LogP contribution in [0.2, 0.25) is 0 Å². The maximum Gasteiger partial charge on any atom is 0.289 e. The van der Waals surface area contributed by atoms with Crippen molar-refractivity contribution in [3.8, 4) is 17.2 Å². The largest absolute Gasteiger partial charge is 0.489 e. The first-order valence-corrected chi connectivity index (χ1v) is 11.1. The number of nitrogens with one attached hydrogen (secondary N) is 2. The second kappa shape index (κ2) is 8.64. The minimum Gasteiger partial charge on any atom is -0.489 e. The Hall–Kier alpha value is -3.76. The fourth-order valence-electron chi connectivity index (χ4n) is 4.35. The minimum absolute atomic E-state index is 0.00993. The molecule has 1 saturated carbocycles. The Morgan fingerprint density at radius 3 is 2.85 bits per heavy atom. The number of likely N-dealkylation sites (N-methyl/N-ethyl adjacent to an activating group) is 1. The Balaban J connectivity index is 1.28. The number of H-pyrrole nitrogens is 1. The van der Waals surface area contributed by atoms with Gasteiger partial charge in [0.15, 0.2) is 5.82 Å². The first kappa shape index (κ1) is 21.1. The number of ether oxygens (including phenoxy) is 1. The molecule has 2 aromatic heterocycles. The van der Waals surface area contributed by atoms with E-state index in [1.165, 1.54) is 30.6 Å². The number of aromatic amines is 1. The lowest BCUT2D eigenvalue weighted by atomic mass is 10.0. The highest BCUT2D eigenvalue weighted by Gasteiger charge is 2.32. The van der Waals surface area contributed by atoms with Gasteiger partial charge in [-0.1, -0.05) is 30.8 Å². The van der Waals surface area contributed by atoms with Crippen LogP contribution in [0.25, 0.3) is 11.5 Å². The number of nitrogens with zero attached hydrogens (tertiary/aromatic N) is 5. The molecule has 0 radical (unpaired) electrons. The number of hydrogen-bond acceptors (Lipinski definition) is 8. The smallest absolute Gasteiger partial charge is 0.289 e. The molecule has 5 rings (SSSR count). The number of rotatable bonds is 5. The van der Waals surface area contributed by atoms with Crippen molar-refractivity contribution in [2.45, 2.75) is 45.1 Å². The first-order valence-electron chi connectivity index (χ1n) is 11.1. The van der Waals surface area contributed by atoms with Crippen molar-refractivity contribution in [2.24, 2.45) is 5.92 Å². The van der Waals surface area contributed by atoms with Crippen LogP contribution in [-0.4, -0.2) is 56.8 Å². The molecule has 0 saturated heterocycles. The molecule has 33 heavy (non-hydrogen) atoms. The molecule has 11 nitrogen and oxygen atoms in total. The van der Waals surface area contributed by atoms with Gasteiger partial charge < -0.3 is 24.5 Å². The monoisotopic (exact) mass is 451 g/mol. The van der Waals surface area contributed by atoms with E-state index in [0.29, 0.717) is 40.5 Å². The quantitative estimate of drug-likeness (QED) is 0.601. The van der Waals surface area contributed by atoms with Crippen LogP contribution in [0.1, 0.15) is 48.0 Å². The van der Waals surface area contributed by atoms with Gasteiger partial charge in [-0.05, 0) is 31.0 Å². The molecule has 1 aliphatic carbocycles. The van der Waals surface area contributed by atoms with Crippen molar-refractivity contribution in [3.63, 3.8) is 0 Å². The lowest BCUT2D eigenvalue weighted by Gasteiger charge is -2.20. The molecule has 3 aromatic rings. The van der Waals surface area contributed by atoms with E-state index in [1.807, 2.05) is 0 Å². The van der Waals surface area contributed by atoms with Crippen molar-refractivity contribution in [2.75, 3.05) is 18.6 Å². The summed E-state index contributed by atoms with van der Waals surface area (Å²) < 4.78 is 11.1. The predicted octanol–water partition coefficient (Wildman–Crippen LogP) is 2.05. The minimum atomic E-state index is -0.882. The Bertz CT molecular complexity index is 1180. The molecule has 0 spiro atoms. The first-order chi connectivity index (χ1) is 16.0. The van der Waals surface area contributed by atoms with Crippen LogP contribution < -0.4 is 15.0 Å². The summed E-state index contributed by atoms with van der Waals surface area (Å²) in [5.74, 6) is 1.94. The Morgan fingerprint density at radius 2 is 2.09 bits per heavy atom. The lowest BCUT2D eigenvalue weighted by Crippen LogP contribution is -2.49. The molecule has 1 atom stereocenters. The standard InChI is InChI=1S/C22H25N7O4/c1-12-23-21(33-28-12)14-7-8-17-16(10-14)29(2)22(31)15(11-32-17)24-20(30)19-25-18(26-27-19)9-13-5-3-4-6-13/h7-8,10,13,15H,3-6,9,11H2,1-2H3,(H,24,30)(H,25,26,27). The predicted molar refractivity (Wildman–Crippen MR) is 117 cm³/mol. The Labute approximate surface area is 189 Å². The maximum atomic E-state index is 13.1. The fourth-order valence-corrected chi connectivity index (χ4v) is 4.35. The van der Waals surface area contributed by atoms with E-state index in [2.05, 4.69) is 30.6 Å². The van der Waals surface area contributed by atoms with Gasteiger partial charge in [-0.2, -0.15) is 4.98 Å². The summed E-state index contributed by atoms with van der Waals surface area (Å²) >= 11 is 0. The van der Waals surface area contributed by atoms with Gasteiger partial charge in [-0.15, -0.1) is 10.2 Å². The van der Waals surface area contributed by atoms with Crippen LogP contribution in [0.5, 0.6) is 5.75 Å². The van der Waals surface area contributed by atoms with E-state index in [9.17, 15) is 9.59 Å². The fraction of sp³-hybridized carbons (Fsp3) is 0.455. The third-order valence-electron chi connectivity index (χ3n) is 6.14. The lowest BCUT2D eigenvalue weighted by molar-refractivity contribution is -0.120. The van der Waals surface area contributed by atoms with Gasteiger partial charge in [0, 0.05) is 19.0 Å². The average molecular weight is 451 g/mol. The molecule has 2 N–H and O–H groups in total. The molecule has 1 unspecified atom stereocenters.